The fourth-order valence-corrected chi connectivity index (χ4v) is 3.79. The van der Waals surface area contributed by atoms with Crippen LogP contribution in [0.2, 0.25) is 0 Å². The van der Waals surface area contributed by atoms with E-state index in [1.54, 1.807) is 20.8 Å². The molecule has 14 nitrogen and oxygen atoms in total. The molecule has 0 saturated carbocycles. The van der Waals surface area contributed by atoms with Crippen molar-refractivity contribution in [1.82, 2.24) is 20.9 Å². The number of likely N-dealkylation sites (tertiary alicyclic amines) is 1. The third-order valence-corrected chi connectivity index (χ3v) is 5.79. The van der Waals surface area contributed by atoms with Crippen molar-refractivity contribution in [2.45, 2.75) is 84.2 Å². The van der Waals surface area contributed by atoms with E-state index in [0.29, 0.717) is 25.1 Å². The Morgan fingerprint density at radius 2 is 1.54 bits per heavy atom. The maximum absolute atomic E-state index is 13.1. The molecule has 1 fully saturated rings. The number of benzene rings is 1. The minimum Gasteiger partial charge on any atom is -0.444 e. The summed E-state index contributed by atoms with van der Waals surface area (Å²) in [4.78, 5) is 74.5. The van der Waals surface area contributed by atoms with Crippen LogP contribution < -0.4 is 21.3 Å². The molecule has 39 heavy (non-hydrogen) atoms. The average Bonchev–Trinajstić information content (AvgIpc) is 3.32. The van der Waals surface area contributed by atoms with Gasteiger partial charge in [0.2, 0.25) is 23.6 Å². The van der Waals surface area contributed by atoms with Gasteiger partial charge < -0.3 is 30.9 Å². The minimum absolute atomic E-state index is 0.125. The van der Waals surface area contributed by atoms with Crippen LogP contribution >= 0.6 is 0 Å². The molecule has 5 amide bonds. The Labute approximate surface area is 226 Å². The third kappa shape index (κ3) is 9.23. The summed E-state index contributed by atoms with van der Waals surface area (Å²) in [5.41, 5.74) is -0.540. The number of rotatable bonds is 9. The average molecular weight is 549 g/mol. The van der Waals surface area contributed by atoms with E-state index in [2.05, 4.69) is 21.3 Å². The number of nitro groups is 1. The number of nitrogens with zero attached hydrogens (tertiary/aromatic N) is 2. The van der Waals surface area contributed by atoms with Gasteiger partial charge in [0.15, 0.2) is 0 Å². The van der Waals surface area contributed by atoms with Crippen LogP contribution in [0.15, 0.2) is 24.3 Å². The summed E-state index contributed by atoms with van der Waals surface area (Å²) in [6.07, 6.45) is 0.169. The van der Waals surface area contributed by atoms with Gasteiger partial charge in [-0.2, -0.15) is 0 Å². The highest BCUT2D eigenvalue weighted by atomic mass is 16.6. The predicted octanol–water partition coefficient (Wildman–Crippen LogP) is 1.45. The van der Waals surface area contributed by atoms with E-state index in [-0.39, 0.29) is 5.69 Å². The molecule has 14 heteroatoms. The number of hydrogen-bond acceptors (Lipinski definition) is 8. The number of anilines is 1. The highest BCUT2D eigenvalue weighted by Gasteiger charge is 2.37. The number of alkyl carbamates (subject to hydrolysis) is 1. The number of carbonyl (C=O) groups is 5. The van der Waals surface area contributed by atoms with Gasteiger partial charge >= 0.3 is 6.09 Å². The zero-order chi connectivity index (χ0) is 29.5. The molecule has 0 radical (unpaired) electrons. The summed E-state index contributed by atoms with van der Waals surface area (Å²) in [6, 6.07) is 1.51. The first-order valence-electron chi connectivity index (χ1n) is 12.5. The fourth-order valence-electron chi connectivity index (χ4n) is 3.79. The minimum atomic E-state index is -0.975. The zero-order valence-electron chi connectivity index (χ0n) is 22.9. The van der Waals surface area contributed by atoms with Gasteiger partial charge in [-0.3, -0.25) is 29.3 Å². The molecule has 0 aliphatic carbocycles. The summed E-state index contributed by atoms with van der Waals surface area (Å²) in [6.45, 7) is 9.76. The summed E-state index contributed by atoms with van der Waals surface area (Å²) >= 11 is 0. The molecule has 4 atom stereocenters. The van der Waals surface area contributed by atoms with Crippen LogP contribution in [0.1, 0.15) is 54.4 Å². The van der Waals surface area contributed by atoms with Gasteiger partial charge in [0.25, 0.3) is 5.69 Å². The van der Waals surface area contributed by atoms with Crippen molar-refractivity contribution in [3.8, 4) is 0 Å². The predicted molar refractivity (Wildman–Crippen MR) is 141 cm³/mol. The van der Waals surface area contributed by atoms with Gasteiger partial charge in [0.05, 0.1) is 4.92 Å². The van der Waals surface area contributed by atoms with Gasteiger partial charge in [-0.25, -0.2) is 4.79 Å². The second-order valence-corrected chi connectivity index (χ2v) is 10.3. The molecule has 1 aromatic rings. The van der Waals surface area contributed by atoms with Crippen LogP contribution in [0, 0.1) is 10.1 Å². The van der Waals surface area contributed by atoms with E-state index < -0.39 is 64.4 Å². The first-order valence-corrected chi connectivity index (χ1v) is 12.5. The lowest BCUT2D eigenvalue weighted by Crippen LogP contribution is -2.56. The quantitative estimate of drug-likeness (QED) is 0.263. The van der Waals surface area contributed by atoms with E-state index in [4.69, 9.17) is 4.74 Å². The first-order chi connectivity index (χ1) is 18.1. The van der Waals surface area contributed by atoms with E-state index in [9.17, 15) is 34.1 Å². The molecular weight excluding hydrogens is 512 g/mol. The maximum atomic E-state index is 13.1. The molecule has 214 valence electrons. The van der Waals surface area contributed by atoms with Crippen molar-refractivity contribution in [2.24, 2.45) is 0 Å². The molecule has 0 spiro atoms. The van der Waals surface area contributed by atoms with E-state index >= 15 is 0 Å². The lowest BCUT2D eigenvalue weighted by molar-refractivity contribution is -0.384. The molecule has 0 unspecified atom stereocenters. The van der Waals surface area contributed by atoms with Gasteiger partial charge in [0, 0.05) is 24.4 Å². The van der Waals surface area contributed by atoms with Crippen molar-refractivity contribution in [2.75, 3.05) is 11.9 Å². The molecule has 0 aromatic heterocycles. The van der Waals surface area contributed by atoms with Gasteiger partial charge in [0.1, 0.15) is 29.8 Å². The van der Waals surface area contributed by atoms with Gasteiger partial charge in [-0.05, 0) is 66.5 Å². The van der Waals surface area contributed by atoms with Gasteiger partial charge in [-0.1, -0.05) is 0 Å². The normalized spacial score (nSPS) is 17.3. The number of non-ortho nitro benzene ring substituents is 1. The maximum Gasteiger partial charge on any atom is 0.408 e. The van der Waals surface area contributed by atoms with Crippen LogP contribution in [0.25, 0.3) is 0 Å². The zero-order valence-corrected chi connectivity index (χ0v) is 22.9. The standard InChI is InChI=1S/C25H36N6O8/c1-14(21(33)29-17-9-11-18(12-10-17)31(37)38)26-22(34)19-8-7-13-30(19)23(35)16(3)27-20(32)15(2)28-24(36)39-25(4,5)6/h9-12,14-16,19H,7-8,13H2,1-6H3,(H,26,34)(H,27,32)(H,28,36)(H,29,33)/t14-,15-,16-,19-/m0/s1. The first kappa shape index (κ1) is 31.0. The van der Waals surface area contributed by atoms with E-state index in [1.165, 1.54) is 49.9 Å². The number of nitro benzene ring substituents is 1. The van der Waals surface area contributed by atoms with Crippen LogP contribution in [0.5, 0.6) is 0 Å². The van der Waals surface area contributed by atoms with Crippen molar-refractivity contribution in [3.63, 3.8) is 0 Å². The SMILES string of the molecule is C[C@H](NC(=O)OC(C)(C)C)C(=O)N[C@@H](C)C(=O)N1CCC[C@H]1C(=O)N[C@@H](C)C(=O)Nc1ccc([N+](=O)[O-])cc1. The number of nitrogens with one attached hydrogen (secondary N) is 4. The third-order valence-electron chi connectivity index (χ3n) is 5.79. The Kier molecular flexibility index (Phi) is 10.3. The highest BCUT2D eigenvalue weighted by Crippen LogP contribution is 2.19. The van der Waals surface area contributed by atoms with Crippen molar-refractivity contribution in [3.05, 3.63) is 34.4 Å². The lowest BCUT2D eigenvalue weighted by Gasteiger charge is -2.28. The molecule has 1 aliphatic heterocycles. The molecule has 2 rings (SSSR count). The Morgan fingerprint density at radius 3 is 2.10 bits per heavy atom. The Bertz CT molecular complexity index is 1100. The Hall–Kier alpha value is -4.23. The number of amides is 5. The van der Waals surface area contributed by atoms with Crippen LogP contribution in [-0.2, 0) is 23.9 Å². The lowest BCUT2D eigenvalue weighted by atomic mass is 10.1. The topological polar surface area (TPSA) is 189 Å². The second kappa shape index (κ2) is 13.0. The smallest absolute Gasteiger partial charge is 0.408 e. The molecule has 1 saturated heterocycles. The Balaban J connectivity index is 1.91. The molecule has 1 aromatic carbocycles. The van der Waals surface area contributed by atoms with Gasteiger partial charge in [-0.15, -0.1) is 0 Å². The molecule has 0 bridgehead atoms. The Morgan fingerprint density at radius 1 is 0.949 bits per heavy atom. The van der Waals surface area contributed by atoms with Crippen molar-refractivity contribution in [1.29, 1.82) is 0 Å². The molecule has 1 aliphatic rings. The molecule has 4 N–H and O–H groups in total. The van der Waals surface area contributed by atoms with Crippen LogP contribution in [0.4, 0.5) is 16.2 Å². The van der Waals surface area contributed by atoms with Crippen molar-refractivity contribution >= 4 is 41.1 Å². The summed E-state index contributed by atoms with van der Waals surface area (Å²) in [5, 5.41) is 20.9. The second-order valence-electron chi connectivity index (χ2n) is 10.3. The number of hydrogen-bond donors (Lipinski definition) is 4. The highest BCUT2D eigenvalue weighted by molar-refractivity contribution is 5.99. The van der Waals surface area contributed by atoms with Crippen LogP contribution in [0.3, 0.4) is 0 Å². The summed E-state index contributed by atoms with van der Waals surface area (Å²) in [5.74, 6) is -2.14. The monoisotopic (exact) mass is 548 g/mol. The summed E-state index contributed by atoms with van der Waals surface area (Å²) in [7, 11) is 0. The van der Waals surface area contributed by atoms with Crippen molar-refractivity contribution < 1.29 is 33.6 Å². The molecule has 1 heterocycles. The molecular formula is C25H36N6O8. The van der Waals surface area contributed by atoms with Crippen LogP contribution in [-0.4, -0.2) is 75.9 Å². The van der Waals surface area contributed by atoms with E-state index in [0.717, 1.165) is 0 Å². The number of ether oxygens (including phenoxy) is 1. The summed E-state index contributed by atoms with van der Waals surface area (Å²) < 4.78 is 5.12. The largest absolute Gasteiger partial charge is 0.444 e. The fraction of sp³-hybridized carbons (Fsp3) is 0.560. The van der Waals surface area contributed by atoms with E-state index in [1.807, 2.05) is 0 Å². The number of carbonyl (C=O) groups excluding carboxylic acids is 5.